The maximum Gasteiger partial charge on any atom is 0.305 e. The van der Waals surface area contributed by atoms with Gasteiger partial charge in [-0.05, 0) is 31.2 Å². The van der Waals surface area contributed by atoms with Crippen LogP contribution in [0.5, 0.6) is 0 Å². The van der Waals surface area contributed by atoms with E-state index in [1.807, 2.05) is 13.0 Å². The number of nitrogens with one attached hydrogen (secondary N) is 1. The van der Waals surface area contributed by atoms with Crippen LogP contribution in [-0.2, 0) is 9.59 Å². The molecule has 1 aliphatic rings. The minimum atomic E-state index is -1.09. The highest BCUT2D eigenvalue weighted by Crippen LogP contribution is 2.30. The molecular weight excluding hydrogens is 366 g/mol. The number of carboxylic acids is 1. The van der Waals surface area contributed by atoms with Crippen LogP contribution in [0.2, 0.25) is 0 Å². The molecule has 2 N–H and O–H groups in total. The van der Waals surface area contributed by atoms with Gasteiger partial charge in [0, 0.05) is 5.56 Å². The number of hydrogen-bond acceptors (Lipinski definition) is 5. The predicted molar refractivity (Wildman–Crippen MR) is 103 cm³/mol. The number of aliphatic carboxylic acids is 1. The Labute approximate surface area is 160 Å². The fourth-order valence-electron chi connectivity index (χ4n) is 2.42. The molecule has 8 heteroatoms. The summed E-state index contributed by atoms with van der Waals surface area (Å²) < 4.78 is 0. The number of carbonyl (C=O) groups excluding carboxylic acids is 2. The largest absolute Gasteiger partial charge is 0.481 e. The SMILES string of the molecule is Cc1ccc(C(=O)NN2C(=O)[C@@H](CC(=O)O)SC2=Nc2ccccc2)cc1. The summed E-state index contributed by atoms with van der Waals surface area (Å²) in [5.74, 6) is -2.08. The standard InChI is InChI=1S/C19H17N3O4S/c1-12-7-9-13(10-8-12)17(25)21-22-18(26)15(11-16(23)24)27-19(22)20-14-5-3-2-4-6-14/h2-10,15H,11H2,1H3,(H,21,25)(H,23,24)/t15-/m1/s1. The monoisotopic (exact) mass is 383 g/mol. The maximum absolute atomic E-state index is 12.6. The highest BCUT2D eigenvalue weighted by molar-refractivity contribution is 8.15. The molecule has 138 valence electrons. The lowest BCUT2D eigenvalue weighted by Gasteiger charge is -2.17. The Morgan fingerprint density at radius 1 is 1.15 bits per heavy atom. The second-order valence-corrected chi connectivity index (χ2v) is 7.08. The van der Waals surface area contributed by atoms with Gasteiger partial charge in [0.25, 0.3) is 11.8 Å². The molecule has 1 fully saturated rings. The van der Waals surface area contributed by atoms with Crippen molar-refractivity contribution in [1.29, 1.82) is 0 Å². The van der Waals surface area contributed by atoms with Crippen LogP contribution in [0.25, 0.3) is 0 Å². The number of amidine groups is 1. The number of carbonyl (C=O) groups is 3. The molecular formula is C19H17N3O4S. The van der Waals surface area contributed by atoms with Gasteiger partial charge in [-0.3, -0.25) is 19.8 Å². The number of hydrogen-bond donors (Lipinski definition) is 2. The second kappa shape index (κ2) is 8.05. The average molecular weight is 383 g/mol. The first-order valence-corrected chi connectivity index (χ1v) is 9.06. The average Bonchev–Trinajstić information content (AvgIpc) is 2.91. The van der Waals surface area contributed by atoms with Crippen LogP contribution in [0.15, 0.2) is 59.6 Å². The number of amides is 2. The Hall–Kier alpha value is -3.13. The van der Waals surface area contributed by atoms with Crippen LogP contribution < -0.4 is 5.43 Å². The number of aryl methyl sites for hydroxylation is 1. The third-order valence-corrected chi connectivity index (χ3v) is 4.94. The lowest BCUT2D eigenvalue weighted by molar-refractivity contribution is -0.139. The number of hydrazine groups is 1. The van der Waals surface area contributed by atoms with Crippen molar-refractivity contribution in [3.8, 4) is 0 Å². The van der Waals surface area contributed by atoms with Crippen molar-refractivity contribution in [3.63, 3.8) is 0 Å². The Morgan fingerprint density at radius 2 is 1.81 bits per heavy atom. The third-order valence-electron chi connectivity index (χ3n) is 3.80. The van der Waals surface area contributed by atoms with Gasteiger partial charge in [0.05, 0.1) is 12.1 Å². The van der Waals surface area contributed by atoms with Crippen molar-refractivity contribution in [1.82, 2.24) is 10.4 Å². The molecule has 3 rings (SSSR count). The Balaban J connectivity index is 1.86. The van der Waals surface area contributed by atoms with Crippen molar-refractivity contribution in [2.75, 3.05) is 0 Å². The van der Waals surface area contributed by atoms with Gasteiger partial charge in [0.1, 0.15) is 5.25 Å². The van der Waals surface area contributed by atoms with Crippen LogP contribution in [0.4, 0.5) is 5.69 Å². The first kappa shape index (κ1) is 18.7. The van der Waals surface area contributed by atoms with E-state index in [0.29, 0.717) is 11.3 Å². The number of nitrogens with zero attached hydrogens (tertiary/aromatic N) is 2. The molecule has 0 unspecified atom stereocenters. The molecule has 2 amide bonds. The summed E-state index contributed by atoms with van der Waals surface area (Å²) >= 11 is 1.02. The van der Waals surface area contributed by atoms with Crippen molar-refractivity contribution in [3.05, 3.63) is 65.7 Å². The van der Waals surface area contributed by atoms with Gasteiger partial charge < -0.3 is 5.11 Å². The molecule has 2 aromatic rings. The molecule has 2 aromatic carbocycles. The molecule has 27 heavy (non-hydrogen) atoms. The number of aliphatic imine (C=N–C) groups is 1. The van der Waals surface area contributed by atoms with E-state index in [1.165, 1.54) is 0 Å². The summed E-state index contributed by atoms with van der Waals surface area (Å²) in [5.41, 5.74) is 4.53. The minimum absolute atomic E-state index is 0.234. The number of para-hydroxylation sites is 1. The number of carboxylic acid groups (broad SMARTS) is 1. The van der Waals surface area contributed by atoms with Gasteiger partial charge in [0.2, 0.25) is 0 Å². The van der Waals surface area contributed by atoms with Gasteiger partial charge in [-0.1, -0.05) is 47.7 Å². The zero-order chi connectivity index (χ0) is 19.4. The van der Waals surface area contributed by atoms with Crippen molar-refractivity contribution in [2.24, 2.45) is 4.99 Å². The van der Waals surface area contributed by atoms with E-state index in [2.05, 4.69) is 10.4 Å². The van der Waals surface area contributed by atoms with E-state index in [1.54, 1.807) is 48.5 Å². The lowest BCUT2D eigenvalue weighted by atomic mass is 10.1. The predicted octanol–water partition coefficient (Wildman–Crippen LogP) is 2.75. The van der Waals surface area contributed by atoms with E-state index in [-0.39, 0.29) is 11.6 Å². The molecule has 0 radical (unpaired) electrons. The van der Waals surface area contributed by atoms with Crippen LogP contribution in [0.1, 0.15) is 22.3 Å². The Kier molecular flexibility index (Phi) is 5.56. The Bertz CT molecular complexity index is 897. The number of thioether (sulfide) groups is 1. The van der Waals surface area contributed by atoms with Crippen LogP contribution in [0, 0.1) is 6.92 Å². The summed E-state index contributed by atoms with van der Waals surface area (Å²) in [6.45, 7) is 1.91. The van der Waals surface area contributed by atoms with Gasteiger partial charge in [-0.25, -0.2) is 4.99 Å². The van der Waals surface area contributed by atoms with E-state index >= 15 is 0 Å². The van der Waals surface area contributed by atoms with E-state index < -0.39 is 23.0 Å². The fraction of sp³-hybridized carbons (Fsp3) is 0.158. The molecule has 7 nitrogen and oxygen atoms in total. The maximum atomic E-state index is 12.6. The topological polar surface area (TPSA) is 99.1 Å². The molecule has 1 heterocycles. The molecule has 1 atom stereocenters. The number of rotatable bonds is 5. The van der Waals surface area contributed by atoms with E-state index in [9.17, 15) is 14.4 Å². The lowest BCUT2D eigenvalue weighted by Crippen LogP contribution is -2.46. The summed E-state index contributed by atoms with van der Waals surface area (Å²) in [4.78, 5) is 40.5. The highest BCUT2D eigenvalue weighted by atomic mass is 32.2. The van der Waals surface area contributed by atoms with Crippen LogP contribution in [0.3, 0.4) is 0 Å². The second-order valence-electron chi connectivity index (χ2n) is 5.91. The summed E-state index contributed by atoms with van der Waals surface area (Å²) in [7, 11) is 0. The minimum Gasteiger partial charge on any atom is -0.481 e. The first-order chi connectivity index (χ1) is 12.9. The van der Waals surface area contributed by atoms with E-state index in [0.717, 1.165) is 22.3 Å². The fourth-order valence-corrected chi connectivity index (χ4v) is 3.51. The normalized spacial score (nSPS) is 18.0. The van der Waals surface area contributed by atoms with Gasteiger partial charge in [-0.2, -0.15) is 5.01 Å². The molecule has 0 aromatic heterocycles. The molecule has 1 aliphatic heterocycles. The molecule has 0 saturated carbocycles. The smallest absolute Gasteiger partial charge is 0.305 e. The summed E-state index contributed by atoms with van der Waals surface area (Å²) in [6, 6.07) is 15.8. The first-order valence-electron chi connectivity index (χ1n) is 8.18. The van der Waals surface area contributed by atoms with Gasteiger partial charge in [0.15, 0.2) is 5.17 Å². The zero-order valence-corrected chi connectivity index (χ0v) is 15.3. The number of benzene rings is 2. The molecule has 0 aliphatic carbocycles. The molecule has 0 spiro atoms. The summed E-state index contributed by atoms with van der Waals surface area (Å²) in [6.07, 6.45) is -0.353. The molecule has 0 bridgehead atoms. The van der Waals surface area contributed by atoms with E-state index in [4.69, 9.17) is 5.11 Å². The highest BCUT2D eigenvalue weighted by Gasteiger charge is 2.40. The van der Waals surface area contributed by atoms with Crippen LogP contribution in [-0.4, -0.2) is 38.3 Å². The van der Waals surface area contributed by atoms with Crippen molar-refractivity contribution in [2.45, 2.75) is 18.6 Å². The third kappa shape index (κ3) is 4.53. The van der Waals surface area contributed by atoms with Gasteiger partial charge in [-0.15, -0.1) is 0 Å². The Morgan fingerprint density at radius 3 is 2.44 bits per heavy atom. The van der Waals surface area contributed by atoms with Crippen molar-refractivity contribution < 1.29 is 19.5 Å². The molecule has 1 saturated heterocycles. The van der Waals surface area contributed by atoms with Crippen LogP contribution >= 0.6 is 11.8 Å². The van der Waals surface area contributed by atoms with Crippen molar-refractivity contribution >= 4 is 40.4 Å². The summed E-state index contributed by atoms with van der Waals surface area (Å²) in [5, 5.41) is 9.45. The van der Waals surface area contributed by atoms with Gasteiger partial charge >= 0.3 is 5.97 Å². The quantitative estimate of drug-likeness (QED) is 0.827. The zero-order valence-electron chi connectivity index (χ0n) is 14.5.